The molecule has 43 heavy (non-hydrogen) atoms. The Labute approximate surface area is 252 Å². The predicted octanol–water partition coefficient (Wildman–Crippen LogP) is 6.95. The number of nitrogens with zero attached hydrogens (tertiary/aromatic N) is 5. The summed E-state index contributed by atoms with van der Waals surface area (Å²) in [4.78, 5) is 30.2. The topological polar surface area (TPSA) is 64.6 Å². The number of nitrogens with one attached hydrogen (secondary N) is 1. The molecule has 1 atom stereocenters. The van der Waals surface area contributed by atoms with Crippen molar-refractivity contribution in [2.45, 2.75) is 39.2 Å². The maximum Gasteiger partial charge on any atom is 0.326 e. The van der Waals surface area contributed by atoms with Gasteiger partial charge in [-0.25, -0.2) is 4.79 Å². The van der Waals surface area contributed by atoms with Gasteiger partial charge in [0.15, 0.2) is 0 Å². The van der Waals surface area contributed by atoms with Gasteiger partial charge in [0.25, 0.3) is 0 Å². The fourth-order valence-corrected chi connectivity index (χ4v) is 7.55. The van der Waals surface area contributed by atoms with Crippen molar-refractivity contribution in [3.8, 4) is 11.1 Å². The van der Waals surface area contributed by atoms with Crippen LogP contribution in [0, 0.1) is 13.8 Å². The van der Waals surface area contributed by atoms with Gasteiger partial charge in [-0.05, 0) is 98.1 Å². The van der Waals surface area contributed by atoms with Gasteiger partial charge in [0.05, 0.1) is 11.2 Å². The van der Waals surface area contributed by atoms with Crippen molar-refractivity contribution in [1.82, 2.24) is 14.9 Å². The van der Waals surface area contributed by atoms with Crippen molar-refractivity contribution in [3.63, 3.8) is 0 Å². The highest BCUT2D eigenvalue weighted by Crippen LogP contribution is 2.38. The lowest BCUT2D eigenvalue weighted by Gasteiger charge is -2.39. The zero-order valence-electron chi connectivity index (χ0n) is 24.8. The number of benzene rings is 3. The fraction of sp³-hybridized carbons (Fsp3) is 0.306. The van der Waals surface area contributed by atoms with Crippen molar-refractivity contribution < 1.29 is 4.79 Å². The molecule has 7 nitrogen and oxygen atoms in total. The van der Waals surface area contributed by atoms with E-state index in [2.05, 4.69) is 74.7 Å². The van der Waals surface area contributed by atoms with E-state index in [1.165, 1.54) is 30.6 Å². The van der Waals surface area contributed by atoms with E-state index in [0.717, 1.165) is 81.6 Å². The van der Waals surface area contributed by atoms with Gasteiger partial charge >= 0.3 is 6.03 Å². The molecule has 0 unspecified atom stereocenters. The molecule has 0 spiro atoms. The number of hydrogen-bond acceptors (Lipinski definition) is 5. The van der Waals surface area contributed by atoms with Crippen molar-refractivity contribution in [1.29, 1.82) is 0 Å². The van der Waals surface area contributed by atoms with E-state index in [1.807, 2.05) is 37.1 Å². The number of carbonyl (C=O) groups excluding carboxylic acids is 1. The first-order valence-corrected chi connectivity index (χ1v) is 15.5. The summed E-state index contributed by atoms with van der Waals surface area (Å²) in [7, 11) is 0. The van der Waals surface area contributed by atoms with Gasteiger partial charge in [0.1, 0.15) is 0 Å². The van der Waals surface area contributed by atoms with Gasteiger partial charge in [-0.1, -0.05) is 30.3 Å². The van der Waals surface area contributed by atoms with Crippen molar-refractivity contribution in [2.75, 3.05) is 47.8 Å². The van der Waals surface area contributed by atoms with Crippen LogP contribution in [-0.4, -0.2) is 59.7 Å². The molecule has 0 bridgehead atoms. The van der Waals surface area contributed by atoms with Gasteiger partial charge in [-0.15, -0.1) is 0 Å². The number of anilines is 3. The molecule has 3 aliphatic rings. The second-order valence-electron chi connectivity index (χ2n) is 12.3. The summed E-state index contributed by atoms with van der Waals surface area (Å²) in [6.45, 7) is 9.13. The molecule has 5 heterocycles. The highest BCUT2D eigenvalue weighted by molar-refractivity contribution is 6.11. The number of piperazine rings is 1. The lowest BCUT2D eigenvalue weighted by atomic mass is 9.97. The number of amides is 2. The highest BCUT2D eigenvalue weighted by atomic mass is 16.2. The first-order chi connectivity index (χ1) is 21.0. The lowest BCUT2D eigenvalue weighted by Crippen LogP contribution is -2.50. The summed E-state index contributed by atoms with van der Waals surface area (Å²) in [6, 6.07) is 23.8. The minimum atomic E-state index is -0.100. The van der Waals surface area contributed by atoms with E-state index in [4.69, 9.17) is 4.98 Å². The monoisotopic (exact) mass is 568 g/mol. The Balaban J connectivity index is 1.11. The van der Waals surface area contributed by atoms with Gasteiger partial charge in [-0.3, -0.25) is 19.8 Å². The van der Waals surface area contributed by atoms with Crippen molar-refractivity contribution >= 4 is 44.8 Å². The Bertz CT molecular complexity index is 1880. The smallest absolute Gasteiger partial charge is 0.326 e. The molecule has 2 saturated heterocycles. The summed E-state index contributed by atoms with van der Waals surface area (Å²) in [5, 5.41) is 6.52. The van der Waals surface area contributed by atoms with Gasteiger partial charge in [0, 0.05) is 72.0 Å². The lowest BCUT2D eigenvalue weighted by molar-refractivity contribution is 0.231. The number of pyridine rings is 2. The highest BCUT2D eigenvalue weighted by Gasteiger charge is 2.32. The summed E-state index contributed by atoms with van der Waals surface area (Å²) >= 11 is 0. The maximum absolute atomic E-state index is 13.9. The third-order valence-electron chi connectivity index (χ3n) is 9.54. The van der Waals surface area contributed by atoms with E-state index in [0.29, 0.717) is 12.6 Å². The molecule has 2 amide bonds. The standard InChI is InChI=1S/C36H36N6O/c1-23-18-26(19-24(2)38-23)28-7-3-9-30-29(28)8-4-10-32(30)39-36(43)42-15-12-25-20-33-31(21-35(25)42)34(11-13-37-33)41-17-16-40-14-5-6-27(40)22-41/h3-4,7-11,13,18-21,27H,5-6,12,14-17,22H2,1-2H3,(H,39,43)/t27-/m0/s1. The second kappa shape index (κ2) is 10.3. The number of urea groups is 1. The van der Waals surface area contributed by atoms with E-state index in [-0.39, 0.29) is 6.03 Å². The molecular weight excluding hydrogens is 532 g/mol. The minimum Gasteiger partial charge on any atom is -0.368 e. The average molecular weight is 569 g/mol. The zero-order chi connectivity index (χ0) is 29.1. The largest absolute Gasteiger partial charge is 0.368 e. The second-order valence-corrected chi connectivity index (χ2v) is 12.3. The predicted molar refractivity (Wildman–Crippen MR) is 175 cm³/mol. The van der Waals surface area contributed by atoms with Crippen LogP contribution >= 0.6 is 0 Å². The molecule has 216 valence electrons. The molecule has 1 N–H and O–H groups in total. The third kappa shape index (κ3) is 4.59. The van der Waals surface area contributed by atoms with E-state index in [9.17, 15) is 4.79 Å². The number of hydrogen-bond donors (Lipinski definition) is 1. The molecule has 3 aromatic carbocycles. The van der Waals surface area contributed by atoms with E-state index in [1.54, 1.807) is 0 Å². The first kappa shape index (κ1) is 26.2. The summed E-state index contributed by atoms with van der Waals surface area (Å²) in [6.07, 6.45) is 5.34. The summed E-state index contributed by atoms with van der Waals surface area (Å²) in [5.74, 6) is 0. The molecule has 3 aliphatic heterocycles. The average Bonchev–Trinajstić information content (AvgIpc) is 3.65. The zero-order valence-corrected chi connectivity index (χ0v) is 24.8. The van der Waals surface area contributed by atoms with E-state index >= 15 is 0 Å². The maximum atomic E-state index is 13.9. The minimum absolute atomic E-state index is 0.100. The molecule has 5 aromatic rings. The molecule has 0 aliphatic carbocycles. The van der Waals surface area contributed by atoms with Crippen molar-refractivity contribution in [3.05, 3.63) is 89.9 Å². The van der Waals surface area contributed by atoms with Crippen LogP contribution in [0.3, 0.4) is 0 Å². The van der Waals surface area contributed by atoms with Crippen LogP contribution in [-0.2, 0) is 6.42 Å². The molecule has 2 fully saturated rings. The third-order valence-corrected chi connectivity index (χ3v) is 9.54. The number of fused-ring (bicyclic) bond motifs is 4. The van der Waals surface area contributed by atoms with Crippen LogP contribution in [0.5, 0.6) is 0 Å². The quantitative estimate of drug-likeness (QED) is 0.255. The Morgan fingerprint density at radius 1 is 0.860 bits per heavy atom. The first-order valence-electron chi connectivity index (χ1n) is 15.5. The molecule has 2 aromatic heterocycles. The van der Waals surface area contributed by atoms with Crippen LogP contribution in [0.1, 0.15) is 29.8 Å². The van der Waals surface area contributed by atoms with Gasteiger partial charge < -0.3 is 10.2 Å². The number of aromatic nitrogens is 2. The van der Waals surface area contributed by atoms with Crippen LogP contribution in [0.4, 0.5) is 21.9 Å². The molecule has 8 rings (SSSR count). The number of carbonyl (C=O) groups is 1. The Kier molecular flexibility index (Phi) is 6.30. The van der Waals surface area contributed by atoms with Crippen LogP contribution in [0.15, 0.2) is 72.9 Å². The SMILES string of the molecule is Cc1cc(-c2cccc3c(NC(=O)N4CCc5cc6nccc(N7CCN8CCC[C@H]8C7)c6cc54)cccc23)cc(C)n1. The normalized spacial score (nSPS) is 18.3. The Morgan fingerprint density at radius 3 is 2.58 bits per heavy atom. The summed E-state index contributed by atoms with van der Waals surface area (Å²) < 4.78 is 0. The Hall–Kier alpha value is -4.49. The molecule has 7 heteroatoms. The number of aryl methyl sites for hydroxylation is 2. The van der Waals surface area contributed by atoms with Crippen LogP contribution in [0.25, 0.3) is 32.8 Å². The molecule has 0 saturated carbocycles. The summed E-state index contributed by atoms with van der Waals surface area (Å²) in [5.41, 5.74) is 9.49. The van der Waals surface area contributed by atoms with Gasteiger partial charge in [0.2, 0.25) is 0 Å². The molecular formula is C36H36N6O. The Morgan fingerprint density at radius 2 is 1.70 bits per heavy atom. The van der Waals surface area contributed by atoms with Crippen molar-refractivity contribution in [2.24, 2.45) is 0 Å². The van der Waals surface area contributed by atoms with Crippen LogP contribution < -0.4 is 15.1 Å². The molecule has 0 radical (unpaired) electrons. The number of rotatable bonds is 3. The van der Waals surface area contributed by atoms with E-state index < -0.39 is 0 Å². The fourth-order valence-electron chi connectivity index (χ4n) is 7.55. The van der Waals surface area contributed by atoms with Gasteiger partial charge in [-0.2, -0.15) is 0 Å². The van der Waals surface area contributed by atoms with Crippen LogP contribution in [0.2, 0.25) is 0 Å².